The van der Waals surface area contributed by atoms with Gasteiger partial charge in [-0.3, -0.25) is 0 Å². The van der Waals surface area contributed by atoms with Crippen LogP contribution >= 0.6 is 0 Å². The van der Waals surface area contributed by atoms with E-state index in [1.165, 1.54) is 19.4 Å². The Balaban J connectivity index is 1.92. The summed E-state index contributed by atoms with van der Waals surface area (Å²) in [7, 11) is 1.78. The summed E-state index contributed by atoms with van der Waals surface area (Å²) in [6.07, 6.45) is 3.96. The fourth-order valence-electron chi connectivity index (χ4n) is 1.12. The lowest BCUT2D eigenvalue weighted by molar-refractivity contribution is 0.0158. The van der Waals surface area contributed by atoms with Gasteiger partial charge in [-0.2, -0.15) is 0 Å². The Kier molecular flexibility index (Phi) is 3.53. The average Bonchev–Trinajstić information content (AvgIpc) is 2.82. The van der Waals surface area contributed by atoms with E-state index in [2.05, 4.69) is 19.2 Å². The molecule has 0 bridgehead atoms. The van der Waals surface area contributed by atoms with Gasteiger partial charge in [0.25, 0.3) is 0 Å². The molecule has 1 aliphatic carbocycles. The van der Waals surface area contributed by atoms with Crippen LogP contribution in [0.25, 0.3) is 0 Å². The molecule has 0 radical (unpaired) electrons. The molecule has 0 heterocycles. The summed E-state index contributed by atoms with van der Waals surface area (Å²) in [5, 5.41) is 3.46. The predicted octanol–water partition coefficient (Wildman–Crippen LogP) is 1.80. The molecule has 1 aliphatic rings. The monoisotopic (exact) mass is 171 g/mol. The molecule has 1 saturated carbocycles. The Bertz CT molecular complexity index is 130. The van der Waals surface area contributed by atoms with Gasteiger partial charge in [0.15, 0.2) is 0 Å². The number of ether oxygens (including phenoxy) is 1. The number of hydrogen-bond acceptors (Lipinski definition) is 2. The standard InChI is InChI=1S/C10H21NO/c1-10(2,12-3)6-7-11-8-9-4-5-9/h9,11H,4-8H2,1-3H3. The van der Waals surface area contributed by atoms with Crippen LogP contribution in [0.3, 0.4) is 0 Å². The molecule has 0 aromatic carbocycles. The van der Waals surface area contributed by atoms with Gasteiger partial charge in [0.05, 0.1) is 5.60 Å². The second-order valence-corrected chi connectivity index (χ2v) is 4.36. The van der Waals surface area contributed by atoms with Crippen molar-refractivity contribution >= 4 is 0 Å². The lowest BCUT2D eigenvalue weighted by atomic mass is 10.1. The Morgan fingerprint density at radius 2 is 2.08 bits per heavy atom. The molecule has 12 heavy (non-hydrogen) atoms. The summed E-state index contributed by atoms with van der Waals surface area (Å²) in [4.78, 5) is 0. The highest BCUT2D eigenvalue weighted by Crippen LogP contribution is 2.27. The first-order chi connectivity index (χ1) is 5.64. The maximum absolute atomic E-state index is 5.32. The molecule has 0 spiro atoms. The highest BCUT2D eigenvalue weighted by Gasteiger charge is 2.21. The summed E-state index contributed by atoms with van der Waals surface area (Å²) in [6, 6.07) is 0. The van der Waals surface area contributed by atoms with Crippen molar-refractivity contribution in [3.8, 4) is 0 Å². The Morgan fingerprint density at radius 3 is 2.58 bits per heavy atom. The van der Waals surface area contributed by atoms with Gasteiger partial charge in [-0.05, 0) is 52.1 Å². The van der Waals surface area contributed by atoms with Crippen LogP contribution < -0.4 is 5.32 Å². The molecular weight excluding hydrogens is 150 g/mol. The number of methoxy groups -OCH3 is 1. The zero-order chi connectivity index (χ0) is 9.03. The third kappa shape index (κ3) is 4.07. The van der Waals surface area contributed by atoms with Crippen molar-refractivity contribution in [3.05, 3.63) is 0 Å². The van der Waals surface area contributed by atoms with Crippen molar-refractivity contribution in [2.75, 3.05) is 20.2 Å². The molecule has 0 saturated heterocycles. The number of hydrogen-bond donors (Lipinski definition) is 1. The minimum atomic E-state index is 0.0382. The van der Waals surface area contributed by atoms with Crippen LogP contribution in [-0.4, -0.2) is 25.8 Å². The van der Waals surface area contributed by atoms with E-state index in [0.29, 0.717) is 0 Å². The van der Waals surface area contributed by atoms with Gasteiger partial charge in [-0.25, -0.2) is 0 Å². The van der Waals surface area contributed by atoms with E-state index in [1.807, 2.05) is 0 Å². The molecule has 0 atom stereocenters. The largest absolute Gasteiger partial charge is 0.379 e. The van der Waals surface area contributed by atoms with Gasteiger partial charge in [-0.15, -0.1) is 0 Å². The van der Waals surface area contributed by atoms with Crippen LogP contribution in [-0.2, 0) is 4.74 Å². The zero-order valence-electron chi connectivity index (χ0n) is 8.52. The van der Waals surface area contributed by atoms with Crippen LogP contribution in [0.5, 0.6) is 0 Å². The molecule has 2 heteroatoms. The van der Waals surface area contributed by atoms with Gasteiger partial charge >= 0.3 is 0 Å². The molecule has 0 unspecified atom stereocenters. The SMILES string of the molecule is COC(C)(C)CCNCC1CC1. The third-order valence-electron chi connectivity index (χ3n) is 2.59. The smallest absolute Gasteiger partial charge is 0.0634 e. The second kappa shape index (κ2) is 4.24. The van der Waals surface area contributed by atoms with Crippen molar-refractivity contribution < 1.29 is 4.74 Å². The molecule has 1 N–H and O–H groups in total. The summed E-state index contributed by atoms with van der Waals surface area (Å²) >= 11 is 0. The van der Waals surface area contributed by atoms with Crippen LogP contribution in [0.15, 0.2) is 0 Å². The van der Waals surface area contributed by atoms with E-state index in [4.69, 9.17) is 4.74 Å². The maximum atomic E-state index is 5.32. The van der Waals surface area contributed by atoms with Crippen LogP contribution in [0, 0.1) is 5.92 Å². The predicted molar refractivity (Wildman–Crippen MR) is 51.3 cm³/mol. The average molecular weight is 171 g/mol. The van der Waals surface area contributed by atoms with Gasteiger partial charge in [-0.1, -0.05) is 0 Å². The van der Waals surface area contributed by atoms with Crippen molar-refractivity contribution in [1.29, 1.82) is 0 Å². The molecule has 0 aliphatic heterocycles. The maximum Gasteiger partial charge on any atom is 0.0634 e. The minimum absolute atomic E-state index is 0.0382. The van der Waals surface area contributed by atoms with E-state index in [9.17, 15) is 0 Å². The molecule has 72 valence electrons. The Hall–Kier alpha value is -0.0800. The van der Waals surface area contributed by atoms with Gasteiger partial charge in [0.2, 0.25) is 0 Å². The molecule has 2 nitrogen and oxygen atoms in total. The van der Waals surface area contributed by atoms with Gasteiger partial charge in [0.1, 0.15) is 0 Å². The Morgan fingerprint density at radius 1 is 1.42 bits per heavy atom. The van der Waals surface area contributed by atoms with Crippen molar-refractivity contribution in [2.45, 2.75) is 38.7 Å². The van der Waals surface area contributed by atoms with E-state index in [0.717, 1.165) is 18.9 Å². The van der Waals surface area contributed by atoms with Crippen LogP contribution in [0.4, 0.5) is 0 Å². The van der Waals surface area contributed by atoms with Crippen molar-refractivity contribution in [1.82, 2.24) is 5.32 Å². The van der Waals surface area contributed by atoms with E-state index in [1.54, 1.807) is 7.11 Å². The molecule has 1 rings (SSSR count). The topological polar surface area (TPSA) is 21.3 Å². The number of rotatable bonds is 6. The summed E-state index contributed by atoms with van der Waals surface area (Å²) in [5.74, 6) is 0.982. The fourth-order valence-corrected chi connectivity index (χ4v) is 1.12. The van der Waals surface area contributed by atoms with Crippen LogP contribution in [0.2, 0.25) is 0 Å². The summed E-state index contributed by atoms with van der Waals surface area (Å²) < 4.78 is 5.32. The second-order valence-electron chi connectivity index (χ2n) is 4.36. The Labute approximate surface area is 75.7 Å². The highest BCUT2D eigenvalue weighted by molar-refractivity contribution is 4.76. The van der Waals surface area contributed by atoms with E-state index in [-0.39, 0.29) is 5.60 Å². The lowest BCUT2D eigenvalue weighted by Crippen LogP contribution is -2.29. The quantitative estimate of drug-likeness (QED) is 0.615. The minimum Gasteiger partial charge on any atom is -0.379 e. The zero-order valence-corrected chi connectivity index (χ0v) is 8.52. The molecule has 1 fully saturated rings. The summed E-state index contributed by atoms with van der Waals surface area (Å²) in [6.45, 7) is 6.55. The molecule has 0 amide bonds. The van der Waals surface area contributed by atoms with Crippen molar-refractivity contribution in [2.24, 2.45) is 5.92 Å². The first-order valence-electron chi connectivity index (χ1n) is 4.90. The van der Waals surface area contributed by atoms with Gasteiger partial charge < -0.3 is 10.1 Å². The van der Waals surface area contributed by atoms with E-state index < -0.39 is 0 Å². The number of nitrogens with one attached hydrogen (secondary N) is 1. The first-order valence-corrected chi connectivity index (χ1v) is 4.90. The van der Waals surface area contributed by atoms with E-state index >= 15 is 0 Å². The van der Waals surface area contributed by atoms with Crippen molar-refractivity contribution in [3.63, 3.8) is 0 Å². The lowest BCUT2D eigenvalue weighted by Gasteiger charge is -2.22. The molecule has 0 aromatic rings. The molecular formula is C10H21NO. The summed E-state index contributed by atoms with van der Waals surface area (Å²) in [5.41, 5.74) is 0.0382. The van der Waals surface area contributed by atoms with Gasteiger partial charge in [0, 0.05) is 7.11 Å². The first kappa shape index (κ1) is 10.0. The molecule has 0 aromatic heterocycles. The fraction of sp³-hybridized carbons (Fsp3) is 1.00. The highest BCUT2D eigenvalue weighted by atomic mass is 16.5. The van der Waals surface area contributed by atoms with Crippen LogP contribution in [0.1, 0.15) is 33.1 Å². The third-order valence-corrected chi connectivity index (χ3v) is 2.59. The normalized spacial score (nSPS) is 18.2.